The molecule has 0 bridgehead atoms. The molecule has 35 heavy (non-hydrogen) atoms. The van der Waals surface area contributed by atoms with Gasteiger partial charge in [-0.3, -0.25) is 14.9 Å². The van der Waals surface area contributed by atoms with E-state index >= 15 is 0 Å². The van der Waals surface area contributed by atoms with E-state index in [4.69, 9.17) is 10.7 Å². The topological polar surface area (TPSA) is 109 Å². The van der Waals surface area contributed by atoms with Gasteiger partial charge in [-0.1, -0.05) is 25.8 Å². The van der Waals surface area contributed by atoms with Crippen LogP contribution in [0.4, 0.5) is 14.6 Å². The molecule has 9 heteroatoms. The summed E-state index contributed by atoms with van der Waals surface area (Å²) in [6.45, 7) is 7.29. The lowest BCUT2D eigenvalue weighted by Crippen LogP contribution is -2.45. The molecular weight excluding hydrogens is 452 g/mol. The number of hydrogen-bond acceptors (Lipinski definition) is 5. The molecule has 1 unspecified atom stereocenters. The number of fused-ring (bicyclic) bond motifs is 1. The molecule has 2 aromatic heterocycles. The van der Waals surface area contributed by atoms with Crippen LogP contribution in [0.3, 0.4) is 0 Å². The first-order chi connectivity index (χ1) is 16.5. The van der Waals surface area contributed by atoms with Gasteiger partial charge in [0.1, 0.15) is 11.0 Å². The van der Waals surface area contributed by atoms with Crippen LogP contribution in [-0.4, -0.2) is 43.7 Å². The highest BCUT2D eigenvalue weighted by Gasteiger charge is 2.47. The second-order valence-corrected chi connectivity index (χ2v) is 10.6. The third-order valence-electron chi connectivity index (χ3n) is 7.83. The first-order valence-electron chi connectivity index (χ1n) is 12.7. The van der Waals surface area contributed by atoms with E-state index < -0.39 is 11.5 Å². The van der Waals surface area contributed by atoms with Crippen molar-refractivity contribution in [3.63, 3.8) is 0 Å². The van der Waals surface area contributed by atoms with Gasteiger partial charge in [0, 0.05) is 31.3 Å². The number of nitrogens with two attached hydrogens (primary N) is 1. The summed E-state index contributed by atoms with van der Waals surface area (Å²) in [6.07, 6.45) is 7.70. The molecule has 1 saturated carbocycles. The molecular formula is C26H37F2N5O2. The average Bonchev–Trinajstić information content (AvgIpc) is 3.57. The molecule has 1 aliphatic heterocycles. The number of allylic oxidation sites excluding steroid dienone is 1. The standard InChI is InChI=1S/C26H37F2N5O2/c1-5-10-26(35,25(4,27)28)11-6-7-18-12-20(30-13-15(18)2)19-14-33(16(3)17-8-9-17)24(34)21-22(19)31-32-23(21)29/h12,14-17,35H,5-11,13H2,1-4H3,(H3,29,31,32)/t15-,16-,26?/m0/s1. The van der Waals surface area contributed by atoms with Gasteiger partial charge in [-0.15, -0.1) is 0 Å². The minimum Gasteiger partial charge on any atom is -0.384 e. The Labute approximate surface area is 204 Å². The fraction of sp³-hybridized carbons (Fsp3) is 0.654. The van der Waals surface area contributed by atoms with Gasteiger partial charge in [-0.25, -0.2) is 8.78 Å². The highest BCUT2D eigenvalue weighted by atomic mass is 19.3. The number of nitrogen functional groups attached to an aromatic ring is 1. The van der Waals surface area contributed by atoms with Gasteiger partial charge < -0.3 is 15.4 Å². The Morgan fingerprint density at radius 1 is 1.34 bits per heavy atom. The maximum atomic E-state index is 14.1. The van der Waals surface area contributed by atoms with Crippen LogP contribution in [0.1, 0.15) is 84.2 Å². The molecule has 3 atom stereocenters. The lowest BCUT2D eigenvalue weighted by Gasteiger charge is -2.34. The van der Waals surface area contributed by atoms with E-state index in [1.807, 2.05) is 12.3 Å². The molecule has 0 amide bonds. The van der Waals surface area contributed by atoms with Gasteiger partial charge in [-0.05, 0) is 63.4 Å². The van der Waals surface area contributed by atoms with Crippen LogP contribution in [0.2, 0.25) is 0 Å². The van der Waals surface area contributed by atoms with Crippen molar-refractivity contribution < 1.29 is 13.9 Å². The molecule has 4 rings (SSSR count). The van der Waals surface area contributed by atoms with Crippen LogP contribution in [0.15, 0.2) is 27.6 Å². The number of anilines is 1. The molecule has 1 aliphatic carbocycles. The zero-order valence-electron chi connectivity index (χ0n) is 21.1. The third kappa shape index (κ3) is 4.92. The Morgan fingerprint density at radius 2 is 2.06 bits per heavy atom. The second kappa shape index (κ2) is 9.48. The minimum atomic E-state index is -3.15. The summed E-state index contributed by atoms with van der Waals surface area (Å²) in [4.78, 5) is 18.0. The Hall–Kier alpha value is -2.55. The van der Waals surface area contributed by atoms with Crippen molar-refractivity contribution >= 4 is 22.4 Å². The summed E-state index contributed by atoms with van der Waals surface area (Å²) in [5.41, 5.74) is 7.07. The van der Waals surface area contributed by atoms with Gasteiger partial charge in [0.05, 0.1) is 11.2 Å². The van der Waals surface area contributed by atoms with Crippen LogP contribution in [0.5, 0.6) is 0 Å². The maximum Gasteiger partial charge on any atom is 0.273 e. The summed E-state index contributed by atoms with van der Waals surface area (Å²) < 4.78 is 30.0. The lowest BCUT2D eigenvalue weighted by molar-refractivity contribution is -0.177. The van der Waals surface area contributed by atoms with Gasteiger partial charge in [0.15, 0.2) is 5.82 Å². The summed E-state index contributed by atoms with van der Waals surface area (Å²) in [6, 6.07) is 0.0541. The number of aromatic nitrogens is 3. The number of alkyl halides is 2. The smallest absolute Gasteiger partial charge is 0.273 e. The molecule has 3 heterocycles. The van der Waals surface area contributed by atoms with Crippen molar-refractivity contribution in [2.24, 2.45) is 16.8 Å². The van der Waals surface area contributed by atoms with E-state index in [9.17, 15) is 18.7 Å². The number of aromatic amines is 1. The highest BCUT2D eigenvalue weighted by Crippen LogP contribution is 2.40. The minimum absolute atomic E-state index is 0.0337. The zero-order valence-corrected chi connectivity index (χ0v) is 21.1. The molecule has 7 nitrogen and oxygen atoms in total. The quantitative estimate of drug-likeness (QED) is 0.436. The fourth-order valence-corrected chi connectivity index (χ4v) is 5.22. The van der Waals surface area contributed by atoms with Crippen molar-refractivity contribution in [3.05, 3.63) is 33.8 Å². The first-order valence-corrected chi connectivity index (χ1v) is 12.7. The summed E-state index contributed by atoms with van der Waals surface area (Å²) in [7, 11) is 0. The molecule has 0 radical (unpaired) electrons. The van der Waals surface area contributed by atoms with Gasteiger partial charge in [0.2, 0.25) is 0 Å². The van der Waals surface area contributed by atoms with E-state index in [1.165, 1.54) is 0 Å². The normalized spacial score (nSPS) is 21.5. The zero-order chi connectivity index (χ0) is 25.5. The summed E-state index contributed by atoms with van der Waals surface area (Å²) >= 11 is 0. The maximum absolute atomic E-state index is 14.1. The van der Waals surface area contributed by atoms with Gasteiger partial charge in [0.25, 0.3) is 11.5 Å². The first kappa shape index (κ1) is 25.5. The fourth-order valence-electron chi connectivity index (χ4n) is 5.22. The molecule has 1 fully saturated rings. The SMILES string of the molecule is CCCC(O)(CCCC1=CC(c2cn([C@@H](C)C3CC3)c(=O)c3c(N)n[nH]c23)=NC[C@@H]1C)C(C)(F)F. The van der Waals surface area contributed by atoms with E-state index in [0.717, 1.165) is 36.6 Å². The number of nitrogens with zero attached hydrogens (tertiary/aromatic N) is 3. The molecule has 0 spiro atoms. The van der Waals surface area contributed by atoms with Crippen LogP contribution in [0, 0.1) is 11.8 Å². The van der Waals surface area contributed by atoms with Crippen molar-refractivity contribution in [1.29, 1.82) is 0 Å². The van der Waals surface area contributed by atoms with Crippen molar-refractivity contribution in [3.8, 4) is 0 Å². The van der Waals surface area contributed by atoms with E-state index in [-0.39, 0.29) is 36.2 Å². The second-order valence-electron chi connectivity index (χ2n) is 10.6. The van der Waals surface area contributed by atoms with Crippen LogP contribution < -0.4 is 11.3 Å². The molecule has 2 aliphatic rings. The predicted molar refractivity (Wildman–Crippen MR) is 135 cm³/mol. The Kier molecular flexibility index (Phi) is 6.92. The molecule has 0 saturated heterocycles. The monoisotopic (exact) mass is 489 g/mol. The number of H-pyrrole nitrogens is 1. The molecule has 4 N–H and O–H groups in total. The van der Waals surface area contributed by atoms with E-state index in [2.05, 4.69) is 24.0 Å². The number of pyridine rings is 1. The number of aliphatic hydroxyl groups is 1. The van der Waals surface area contributed by atoms with Crippen LogP contribution in [-0.2, 0) is 0 Å². The Balaban J connectivity index is 1.63. The Morgan fingerprint density at radius 3 is 2.69 bits per heavy atom. The number of dihydropyridines is 1. The van der Waals surface area contributed by atoms with Crippen molar-refractivity contribution in [1.82, 2.24) is 14.8 Å². The molecule has 192 valence electrons. The summed E-state index contributed by atoms with van der Waals surface area (Å²) in [5, 5.41) is 18.0. The van der Waals surface area contributed by atoms with Gasteiger partial charge in [-0.2, -0.15) is 5.10 Å². The molecule has 2 aromatic rings. The predicted octanol–water partition coefficient (Wildman–Crippen LogP) is 5.00. The largest absolute Gasteiger partial charge is 0.384 e. The number of aliphatic imine (C=N–C) groups is 1. The summed E-state index contributed by atoms with van der Waals surface area (Å²) in [5.74, 6) is -2.34. The van der Waals surface area contributed by atoms with Crippen molar-refractivity contribution in [2.45, 2.75) is 90.2 Å². The van der Waals surface area contributed by atoms with E-state index in [0.29, 0.717) is 42.6 Å². The van der Waals surface area contributed by atoms with Crippen LogP contribution in [0.25, 0.3) is 10.9 Å². The molecule has 0 aromatic carbocycles. The van der Waals surface area contributed by atoms with Crippen LogP contribution >= 0.6 is 0 Å². The average molecular weight is 490 g/mol. The van der Waals surface area contributed by atoms with Crippen molar-refractivity contribution in [2.75, 3.05) is 12.3 Å². The number of hydrogen-bond donors (Lipinski definition) is 3. The van der Waals surface area contributed by atoms with E-state index in [1.54, 1.807) is 11.5 Å². The number of halogens is 2. The Bertz CT molecular complexity index is 1200. The third-order valence-corrected chi connectivity index (χ3v) is 7.83. The highest BCUT2D eigenvalue weighted by molar-refractivity contribution is 6.16. The number of rotatable bonds is 10. The van der Waals surface area contributed by atoms with Gasteiger partial charge >= 0.3 is 0 Å². The number of nitrogens with one attached hydrogen (secondary N) is 1. The lowest BCUT2D eigenvalue weighted by atomic mass is 9.84.